The fraction of sp³-hybridized carbons (Fsp3) is 0.938. The third kappa shape index (κ3) is 3.57. The van der Waals surface area contributed by atoms with Crippen molar-refractivity contribution in [3.05, 3.63) is 0 Å². The Morgan fingerprint density at radius 1 is 1.37 bits per heavy atom. The minimum atomic E-state index is -0.0395. The van der Waals surface area contributed by atoms with E-state index in [1.54, 1.807) is 0 Å². The molecule has 0 aromatic carbocycles. The highest BCUT2D eigenvalue weighted by molar-refractivity contribution is 5.81. The van der Waals surface area contributed by atoms with Crippen LogP contribution in [0.4, 0.5) is 0 Å². The van der Waals surface area contributed by atoms with Gasteiger partial charge in [0.15, 0.2) is 0 Å². The molecule has 110 valence electrons. The fourth-order valence-electron chi connectivity index (χ4n) is 3.36. The molecule has 3 heteroatoms. The SMILES string of the molecule is CC(C)(C)C(N)CC(=O)C1CCOC2(CCCC2)C1. The van der Waals surface area contributed by atoms with Crippen LogP contribution in [0.15, 0.2) is 0 Å². The van der Waals surface area contributed by atoms with Crippen LogP contribution in [-0.4, -0.2) is 24.0 Å². The molecule has 1 heterocycles. The van der Waals surface area contributed by atoms with Crippen molar-refractivity contribution in [3.8, 4) is 0 Å². The van der Waals surface area contributed by atoms with Gasteiger partial charge in [-0.2, -0.15) is 0 Å². The van der Waals surface area contributed by atoms with E-state index in [0.29, 0.717) is 12.2 Å². The van der Waals surface area contributed by atoms with Gasteiger partial charge in [-0.15, -0.1) is 0 Å². The Balaban J connectivity index is 1.92. The zero-order valence-electron chi connectivity index (χ0n) is 12.7. The van der Waals surface area contributed by atoms with Gasteiger partial charge in [0.05, 0.1) is 5.60 Å². The van der Waals surface area contributed by atoms with Crippen LogP contribution in [0.2, 0.25) is 0 Å². The summed E-state index contributed by atoms with van der Waals surface area (Å²) in [6.07, 6.45) is 7.12. The van der Waals surface area contributed by atoms with E-state index in [1.165, 1.54) is 12.8 Å². The lowest BCUT2D eigenvalue weighted by Gasteiger charge is -2.38. The number of hydrogen-bond acceptors (Lipinski definition) is 3. The highest BCUT2D eigenvalue weighted by Gasteiger charge is 2.42. The van der Waals surface area contributed by atoms with E-state index in [4.69, 9.17) is 10.5 Å². The minimum absolute atomic E-state index is 0.00583. The van der Waals surface area contributed by atoms with Crippen molar-refractivity contribution in [2.24, 2.45) is 17.1 Å². The summed E-state index contributed by atoms with van der Waals surface area (Å²) in [6.45, 7) is 7.06. The van der Waals surface area contributed by atoms with Crippen molar-refractivity contribution in [3.63, 3.8) is 0 Å². The molecule has 1 saturated heterocycles. The molecule has 0 amide bonds. The summed E-state index contributed by atoms with van der Waals surface area (Å²) in [4.78, 5) is 12.5. The fourth-order valence-corrected chi connectivity index (χ4v) is 3.36. The number of nitrogens with two attached hydrogens (primary N) is 1. The average Bonchev–Trinajstić information content (AvgIpc) is 2.76. The van der Waals surface area contributed by atoms with Crippen molar-refractivity contribution in [1.82, 2.24) is 0 Å². The maximum Gasteiger partial charge on any atom is 0.137 e. The van der Waals surface area contributed by atoms with E-state index in [1.807, 2.05) is 0 Å². The summed E-state index contributed by atoms with van der Waals surface area (Å²) in [5, 5.41) is 0. The smallest absolute Gasteiger partial charge is 0.137 e. The van der Waals surface area contributed by atoms with Gasteiger partial charge >= 0.3 is 0 Å². The summed E-state index contributed by atoms with van der Waals surface area (Å²) in [5.41, 5.74) is 6.19. The van der Waals surface area contributed by atoms with E-state index in [9.17, 15) is 4.79 Å². The Labute approximate surface area is 117 Å². The lowest BCUT2D eigenvalue weighted by Crippen LogP contribution is -2.43. The molecule has 1 aliphatic heterocycles. The minimum Gasteiger partial charge on any atom is -0.375 e. The highest BCUT2D eigenvalue weighted by atomic mass is 16.5. The Hall–Kier alpha value is -0.410. The Morgan fingerprint density at radius 2 is 2.00 bits per heavy atom. The predicted molar refractivity (Wildman–Crippen MR) is 76.9 cm³/mol. The number of ketones is 1. The summed E-state index contributed by atoms with van der Waals surface area (Å²) in [6, 6.07) is -0.0395. The van der Waals surface area contributed by atoms with Crippen molar-refractivity contribution in [2.45, 2.75) is 77.4 Å². The summed E-state index contributed by atoms with van der Waals surface area (Å²) >= 11 is 0. The van der Waals surface area contributed by atoms with Gasteiger partial charge < -0.3 is 10.5 Å². The molecule has 3 nitrogen and oxygen atoms in total. The van der Waals surface area contributed by atoms with Gasteiger partial charge in [0.1, 0.15) is 5.78 Å². The van der Waals surface area contributed by atoms with Crippen LogP contribution in [0.5, 0.6) is 0 Å². The van der Waals surface area contributed by atoms with E-state index in [0.717, 1.165) is 32.3 Å². The van der Waals surface area contributed by atoms with Gasteiger partial charge in [-0.1, -0.05) is 33.6 Å². The first-order chi connectivity index (χ1) is 8.82. The molecule has 0 radical (unpaired) electrons. The third-order valence-corrected chi connectivity index (χ3v) is 5.00. The molecule has 2 atom stereocenters. The summed E-state index contributed by atoms with van der Waals surface area (Å²) in [7, 11) is 0. The van der Waals surface area contributed by atoms with Gasteiger partial charge in [0, 0.05) is 25.0 Å². The van der Waals surface area contributed by atoms with E-state index in [-0.39, 0.29) is 23.0 Å². The van der Waals surface area contributed by atoms with Crippen molar-refractivity contribution in [1.29, 1.82) is 0 Å². The number of carbonyl (C=O) groups excluding carboxylic acids is 1. The van der Waals surface area contributed by atoms with Gasteiger partial charge in [0.2, 0.25) is 0 Å². The summed E-state index contributed by atoms with van der Waals surface area (Å²) < 4.78 is 6.00. The molecular weight excluding hydrogens is 238 g/mol. The average molecular weight is 267 g/mol. The quantitative estimate of drug-likeness (QED) is 0.855. The number of hydrogen-bond donors (Lipinski definition) is 1. The van der Waals surface area contributed by atoms with E-state index in [2.05, 4.69) is 20.8 Å². The normalized spacial score (nSPS) is 28.5. The van der Waals surface area contributed by atoms with Crippen LogP contribution in [0.25, 0.3) is 0 Å². The first-order valence-corrected chi connectivity index (χ1v) is 7.75. The Morgan fingerprint density at radius 3 is 2.58 bits per heavy atom. The van der Waals surface area contributed by atoms with Crippen LogP contribution < -0.4 is 5.73 Å². The molecule has 2 rings (SSSR count). The maximum absolute atomic E-state index is 12.5. The monoisotopic (exact) mass is 267 g/mol. The predicted octanol–water partition coefficient (Wildman–Crippen LogP) is 3.06. The first kappa shape index (κ1) is 15.0. The van der Waals surface area contributed by atoms with Crippen LogP contribution in [0, 0.1) is 11.3 Å². The Kier molecular flexibility index (Phi) is 4.36. The molecule has 2 N–H and O–H groups in total. The van der Waals surface area contributed by atoms with Crippen LogP contribution in [0.3, 0.4) is 0 Å². The number of ether oxygens (including phenoxy) is 1. The number of Topliss-reactive ketones (excluding diaryl/α,β-unsaturated/α-hetero) is 1. The zero-order chi connectivity index (χ0) is 14.1. The molecule has 1 aliphatic carbocycles. The molecule has 2 fully saturated rings. The maximum atomic E-state index is 12.5. The lowest BCUT2D eigenvalue weighted by atomic mass is 9.78. The van der Waals surface area contributed by atoms with Crippen molar-refractivity contribution >= 4 is 5.78 Å². The Bertz CT molecular complexity index is 326. The van der Waals surface area contributed by atoms with Crippen LogP contribution in [0.1, 0.15) is 65.7 Å². The van der Waals surface area contributed by atoms with Gasteiger partial charge in [-0.05, 0) is 31.1 Å². The molecule has 19 heavy (non-hydrogen) atoms. The van der Waals surface area contributed by atoms with Crippen LogP contribution >= 0.6 is 0 Å². The number of carbonyl (C=O) groups is 1. The standard InChI is InChI=1S/C16H29NO2/c1-15(2,3)14(17)10-13(18)12-6-9-19-16(11-12)7-4-5-8-16/h12,14H,4-11,17H2,1-3H3. The number of rotatable bonds is 3. The topological polar surface area (TPSA) is 52.3 Å². The second-order valence-electron chi connectivity index (χ2n) is 7.57. The van der Waals surface area contributed by atoms with Gasteiger partial charge in [-0.3, -0.25) is 4.79 Å². The molecule has 0 aromatic rings. The molecule has 0 bridgehead atoms. The molecule has 2 aliphatic rings. The molecule has 1 spiro atoms. The van der Waals surface area contributed by atoms with E-state index < -0.39 is 0 Å². The van der Waals surface area contributed by atoms with E-state index >= 15 is 0 Å². The van der Waals surface area contributed by atoms with Crippen molar-refractivity contribution < 1.29 is 9.53 Å². The van der Waals surface area contributed by atoms with Crippen molar-refractivity contribution in [2.75, 3.05) is 6.61 Å². The van der Waals surface area contributed by atoms with Gasteiger partial charge in [0.25, 0.3) is 0 Å². The molecular formula is C16H29NO2. The first-order valence-electron chi connectivity index (χ1n) is 7.75. The third-order valence-electron chi connectivity index (χ3n) is 5.00. The van der Waals surface area contributed by atoms with Crippen LogP contribution in [-0.2, 0) is 9.53 Å². The zero-order valence-corrected chi connectivity index (χ0v) is 12.7. The second kappa shape index (κ2) is 5.53. The lowest BCUT2D eigenvalue weighted by molar-refractivity contribution is -0.137. The summed E-state index contributed by atoms with van der Waals surface area (Å²) in [5.74, 6) is 0.539. The molecule has 2 unspecified atom stereocenters. The van der Waals surface area contributed by atoms with Gasteiger partial charge in [-0.25, -0.2) is 0 Å². The molecule has 0 aromatic heterocycles. The molecule has 1 saturated carbocycles. The second-order valence-corrected chi connectivity index (χ2v) is 7.57. The largest absolute Gasteiger partial charge is 0.375 e. The highest BCUT2D eigenvalue weighted by Crippen LogP contribution is 2.42.